The van der Waals surface area contributed by atoms with Crippen LogP contribution in [0.5, 0.6) is 5.75 Å². The van der Waals surface area contributed by atoms with E-state index in [0.717, 1.165) is 28.0 Å². The standard InChI is InChI=1S/C14H16N2O3/c1-7-5-11(19-4)8(2)9(3)12(7)13-10(14(17)18)6-15-16-13/h5-6H,1-4H3,(H,15,16)(H,17,18). The number of carboxylic acids is 1. The van der Waals surface area contributed by atoms with Crippen LogP contribution in [0.2, 0.25) is 0 Å². The molecule has 2 rings (SSSR count). The molecule has 100 valence electrons. The van der Waals surface area contributed by atoms with Crippen molar-refractivity contribution in [3.05, 3.63) is 34.5 Å². The summed E-state index contributed by atoms with van der Waals surface area (Å²) in [6.07, 6.45) is 1.33. The van der Waals surface area contributed by atoms with E-state index in [-0.39, 0.29) is 5.56 Å². The van der Waals surface area contributed by atoms with Crippen LogP contribution >= 0.6 is 0 Å². The molecule has 1 aromatic heterocycles. The zero-order valence-electron chi connectivity index (χ0n) is 11.4. The molecule has 0 unspecified atom stereocenters. The fraction of sp³-hybridized carbons (Fsp3) is 0.286. The number of benzene rings is 1. The van der Waals surface area contributed by atoms with Gasteiger partial charge in [-0.1, -0.05) is 0 Å². The maximum absolute atomic E-state index is 11.2. The van der Waals surface area contributed by atoms with Crippen molar-refractivity contribution < 1.29 is 14.6 Å². The number of rotatable bonds is 3. The number of methoxy groups -OCH3 is 1. The highest BCUT2D eigenvalue weighted by atomic mass is 16.5. The van der Waals surface area contributed by atoms with Crippen molar-refractivity contribution in [3.63, 3.8) is 0 Å². The van der Waals surface area contributed by atoms with Crippen molar-refractivity contribution in [2.24, 2.45) is 0 Å². The van der Waals surface area contributed by atoms with Crippen molar-refractivity contribution in [1.29, 1.82) is 0 Å². The SMILES string of the molecule is COc1cc(C)c(-c2[nH]ncc2C(=O)O)c(C)c1C. The zero-order chi connectivity index (χ0) is 14.2. The van der Waals surface area contributed by atoms with Crippen LogP contribution in [0.1, 0.15) is 27.0 Å². The van der Waals surface area contributed by atoms with Gasteiger partial charge in [-0.15, -0.1) is 0 Å². The van der Waals surface area contributed by atoms with E-state index in [9.17, 15) is 9.90 Å². The van der Waals surface area contributed by atoms with E-state index in [2.05, 4.69) is 10.2 Å². The van der Waals surface area contributed by atoms with Gasteiger partial charge < -0.3 is 9.84 Å². The second-order valence-electron chi connectivity index (χ2n) is 4.48. The summed E-state index contributed by atoms with van der Waals surface area (Å²) < 4.78 is 5.31. The third kappa shape index (κ3) is 2.07. The van der Waals surface area contributed by atoms with E-state index in [4.69, 9.17) is 4.74 Å². The number of aryl methyl sites for hydroxylation is 1. The van der Waals surface area contributed by atoms with Gasteiger partial charge in [-0.05, 0) is 43.5 Å². The van der Waals surface area contributed by atoms with Crippen LogP contribution in [0.3, 0.4) is 0 Å². The predicted octanol–water partition coefficient (Wildman–Crippen LogP) is 2.71. The van der Waals surface area contributed by atoms with Crippen LogP contribution in [0.25, 0.3) is 11.3 Å². The number of carbonyl (C=O) groups is 1. The van der Waals surface area contributed by atoms with E-state index in [1.807, 2.05) is 26.8 Å². The molecular weight excluding hydrogens is 244 g/mol. The maximum Gasteiger partial charge on any atom is 0.339 e. The summed E-state index contributed by atoms with van der Waals surface area (Å²) in [7, 11) is 1.62. The summed E-state index contributed by atoms with van der Waals surface area (Å²) in [4.78, 5) is 11.2. The molecule has 1 aromatic carbocycles. The summed E-state index contributed by atoms with van der Waals surface area (Å²) in [5.41, 5.74) is 4.52. The first kappa shape index (κ1) is 13.1. The first-order chi connectivity index (χ1) is 8.97. The highest BCUT2D eigenvalue weighted by Gasteiger charge is 2.19. The van der Waals surface area contributed by atoms with Gasteiger partial charge in [-0.2, -0.15) is 5.10 Å². The Balaban J connectivity index is 2.73. The van der Waals surface area contributed by atoms with Crippen LogP contribution in [-0.4, -0.2) is 28.4 Å². The third-order valence-corrected chi connectivity index (χ3v) is 3.39. The molecule has 0 atom stereocenters. The number of aromatic nitrogens is 2. The summed E-state index contributed by atoms with van der Waals surface area (Å²) in [6, 6.07) is 1.91. The highest BCUT2D eigenvalue weighted by molar-refractivity contribution is 5.95. The Kier molecular flexibility index (Phi) is 3.29. The zero-order valence-corrected chi connectivity index (χ0v) is 11.4. The van der Waals surface area contributed by atoms with Gasteiger partial charge in [0.1, 0.15) is 11.3 Å². The van der Waals surface area contributed by atoms with E-state index in [0.29, 0.717) is 5.69 Å². The first-order valence-corrected chi connectivity index (χ1v) is 5.89. The number of nitrogens with zero attached hydrogens (tertiary/aromatic N) is 1. The van der Waals surface area contributed by atoms with Gasteiger partial charge in [0.05, 0.1) is 19.0 Å². The number of hydrogen-bond donors (Lipinski definition) is 2. The Bertz CT molecular complexity index is 644. The molecule has 0 spiro atoms. The molecule has 0 fully saturated rings. The molecule has 5 nitrogen and oxygen atoms in total. The van der Waals surface area contributed by atoms with Gasteiger partial charge in [0.2, 0.25) is 0 Å². The predicted molar refractivity (Wildman–Crippen MR) is 71.7 cm³/mol. The maximum atomic E-state index is 11.2. The number of aromatic carboxylic acids is 1. The molecular formula is C14H16N2O3. The summed E-state index contributed by atoms with van der Waals surface area (Å²) in [5.74, 6) is -0.189. The lowest BCUT2D eigenvalue weighted by atomic mass is 9.93. The number of aromatic amines is 1. The third-order valence-electron chi connectivity index (χ3n) is 3.39. The molecule has 0 amide bonds. The van der Waals surface area contributed by atoms with Gasteiger partial charge in [0.15, 0.2) is 0 Å². The van der Waals surface area contributed by atoms with Gasteiger partial charge in [0.25, 0.3) is 0 Å². The molecule has 0 saturated heterocycles. The van der Waals surface area contributed by atoms with Crippen LogP contribution in [0.15, 0.2) is 12.3 Å². The fourth-order valence-corrected chi connectivity index (χ4v) is 2.28. The smallest absolute Gasteiger partial charge is 0.339 e. The average molecular weight is 260 g/mol. The van der Waals surface area contributed by atoms with Crippen molar-refractivity contribution >= 4 is 5.97 Å². The van der Waals surface area contributed by atoms with Crippen molar-refractivity contribution in [1.82, 2.24) is 10.2 Å². The van der Waals surface area contributed by atoms with E-state index in [1.165, 1.54) is 6.20 Å². The molecule has 0 radical (unpaired) electrons. The van der Waals surface area contributed by atoms with Crippen molar-refractivity contribution in [2.75, 3.05) is 7.11 Å². The summed E-state index contributed by atoms with van der Waals surface area (Å²) in [5, 5.41) is 15.8. The van der Waals surface area contributed by atoms with Crippen LogP contribution in [0.4, 0.5) is 0 Å². The second-order valence-corrected chi connectivity index (χ2v) is 4.48. The summed E-state index contributed by atoms with van der Waals surface area (Å²) >= 11 is 0. The van der Waals surface area contributed by atoms with Gasteiger partial charge in [-0.3, -0.25) is 5.10 Å². The average Bonchev–Trinajstić information content (AvgIpc) is 2.83. The minimum atomic E-state index is -0.990. The Morgan fingerprint density at radius 1 is 1.32 bits per heavy atom. The number of hydrogen-bond acceptors (Lipinski definition) is 3. The van der Waals surface area contributed by atoms with E-state index in [1.54, 1.807) is 7.11 Å². The molecule has 0 aliphatic carbocycles. The molecule has 19 heavy (non-hydrogen) atoms. The second kappa shape index (κ2) is 4.76. The normalized spacial score (nSPS) is 10.5. The van der Waals surface area contributed by atoms with E-state index >= 15 is 0 Å². The molecule has 2 N–H and O–H groups in total. The minimum absolute atomic E-state index is 0.177. The lowest BCUT2D eigenvalue weighted by Crippen LogP contribution is -2.01. The van der Waals surface area contributed by atoms with Gasteiger partial charge in [-0.25, -0.2) is 4.79 Å². The van der Waals surface area contributed by atoms with Gasteiger partial charge >= 0.3 is 5.97 Å². The Labute approximate surface area is 111 Å². The van der Waals surface area contributed by atoms with Gasteiger partial charge in [0, 0.05) is 5.56 Å². The van der Waals surface area contributed by atoms with E-state index < -0.39 is 5.97 Å². The minimum Gasteiger partial charge on any atom is -0.496 e. The van der Waals surface area contributed by atoms with Crippen molar-refractivity contribution in [2.45, 2.75) is 20.8 Å². The lowest BCUT2D eigenvalue weighted by molar-refractivity contribution is 0.0698. The molecule has 2 aromatic rings. The Morgan fingerprint density at radius 2 is 2.00 bits per heavy atom. The molecule has 0 bridgehead atoms. The topological polar surface area (TPSA) is 75.2 Å². The monoisotopic (exact) mass is 260 g/mol. The number of nitrogens with one attached hydrogen (secondary N) is 1. The fourth-order valence-electron chi connectivity index (χ4n) is 2.28. The van der Waals surface area contributed by atoms with Crippen LogP contribution < -0.4 is 4.74 Å². The molecule has 5 heteroatoms. The Hall–Kier alpha value is -2.30. The Morgan fingerprint density at radius 3 is 2.58 bits per heavy atom. The molecule has 0 aliphatic rings. The first-order valence-electron chi connectivity index (χ1n) is 5.89. The number of H-pyrrole nitrogens is 1. The van der Waals surface area contributed by atoms with Crippen LogP contribution in [-0.2, 0) is 0 Å². The van der Waals surface area contributed by atoms with Crippen LogP contribution in [0, 0.1) is 20.8 Å². The summed E-state index contributed by atoms with van der Waals surface area (Å²) in [6.45, 7) is 5.83. The largest absolute Gasteiger partial charge is 0.496 e. The highest BCUT2D eigenvalue weighted by Crippen LogP contribution is 2.34. The van der Waals surface area contributed by atoms with Crippen molar-refractivity contribution in [3.8, 4) is 17.0 Å². The molecule has 1 heterocycles. The molecule has 0 aliphatic heterocycles. The lowest BCUT2D eigenvalue weighted by Gasteiger charge is -2.15. The number of carboxylic acid groups (broad SMARTS) is 1. The molecule has 0 saturated carbocycles. The number of ether oxygens (including phenoxy) is 1. The quantitative estimate of drug-likeness (QED) is 0.889.